The topological polar surface area (TPSA) is 97.5 Å². The third-order valence-corrected chi connectivity index (χ3v) is 8.83. The molecule has 2 aliphatic heterocycles. The first kappa shape index (κ1) is 23.5. The number of nitrogens with zero attached hydrogens (tertiary/aromatic N) is 5. The van der Waals surface area contributed by atoms with Gasteiger partial charge in [0.15, 0.2) is 0 Å². The highest BCUT2D eigenvalue weighted by atomic mass is 32.2. The van der Waals surface area contributed by atoms with Gasteiger partial charge in [0, 0.05) is 44.7 Å². The van der Waals surface area contributed by atoms with Crippen LogP contribution in [-0.4, -0.2) is 64.1 Å². The Morgan fingerprint density at radius 2 is 1.54 bits per heavy atom. The largest absolute Gasteiger partial charge is 0.350 e. The zero-order valence-electron chi connectivity index (χ0n) is 19.7. The maximum absolute atomic E-state index is 13.1. The van der Waals surface area contributed by atoms with E-state index in [1.165, 1.54) is 21.1 Å². The zero-order chi connectivity index (χ0) is 24.6. The lowest BCUT2D eigenvalue weighted by Crippen LogP contribution is -2.38. The summed E-state index contributed by atoms with van der Waals surface area (Å²) in [5, 5.41) is 4.51. The van der Waals surface area contributed by atoms with E-state index in [-0.39, 0.29) is 22.4 Å². The van der Waals surface area contributed by atoms with Gasteiger partial charge in [-0.3, -0.25) is 4.79 Å². The van der Waals surface area contributed by atoms with E-state index >= 15 is 0 Å². The van der Waals surface area contributed by atoms with Crippen molar-refractivity contribution in [2.24, 2.45) is 7.05 Å². The normalized spacial score (nSPS) is 17.7. The molecule has 1 amide bonds. The van der Waals surface area contributed by atoms with Crippen molar-refractivity contribution in [2.45, 2.75) is 36.5 Å². The first-order valence-electron chi connectivity index (χ1n) is 12.0. The third kappa shape index (κ3) is 4.43. The van der Waals surface area contributed by atoms with Crippen molar-refractivity contribution in [1.82, 2.24) is 23.6 Å². The molecule has 0 bridgehead atoms. The van der Waals surface area contributed by atoms with Crippen molar-refractivity contribution in [1.29, 1.82) is 0 Å². The summed E-state index contributed by atoms with van der Waals surface area (Å²) < 4.78 is 30.0. The molecule has 0 spiro atoms. The highest BCUT2D eigenvalue weighted by molar-refractivity contribution is 7.89. The van der Waals surface area contributed by atoms with E-state index in [4.69, 9.17) is 0 Å². The maximum atomic E-state index is 13.1. The van der Waals surface area contributed by atoms with Crippen molar-refractivity contribution >= 4 is 15.9 Å². The van der Waals surface area contributed by atoms with Crippen LogP contribution in [-0.2, 0) is 17.1 Å². The molecule has 35 heavy (non-hydrogen) atoms. The number of rotatable bonds is 5. The standard InChI is InChI=1S/C25H29N5O4S/c1-27-25(32)30(21-7-3-2-4-8-21)23(26-27)19-13-17-28(18-14-19)24(31)20-9-11-22(12-10-20)35(33,34)29-15-5-6-16-29/h2-4,7-12,19H,5-6,13-18H2,1H3. The van der Waals surface area contributed by atoms with Crippen LogP contribution in [0.5, 0.6) is 0 Å². The Hall–Kier alpha value is -3.24. The van der Waals surface area contributed by atoms with Crippen molar-refractivity contribution in [3.8, 4) is 5.69 Å². The average Bonchev–Trinajstić information content (AvgIpc) is 3.54. The minimum atomic E-state index is -3.50. The molecule has 5 rings (SSSR count). The van der Waals surface area contributed by atoms with Gasteiger partial charge in [-0.2, -0.15) is 9.40 Å². The monoisotopic (exact) mass is 495 g/mol. The molecular weight excluding hydrogens is 466 g/mol. The van der Waals surface area contributed by atoms with Crippen LogP contribution in [0.4, 0.5) is 0 Å². The summed E-state index contributed by atoms with van der Waals surface area (Å²) in [6.45, 7) is 2.17. The molecule has 2 aromatic carbocycles. The van der Waals surface area contributed by atoms with Crippen molar-refractivity contribution in [3.05, 3.63) is 76.5 Å². The minimum Gasteiger partial charge on any atom is -0.339 e. The Labute approximate surface area is 204 Å². The molecule has 10 heteroatoms. The lowest BCUT2D eigenvalue weighted by atomic mass is 9.95. The van der Waals surface area contributed by atoms with Gasteiger partial charge in [0.2, 0.25) is 10.0 Å². The summed E-state index contributed by atoms with van der Waals surface area (Å²) in [7, 11) is -1.85. The van der Waals surface area contributed by atoms with Gasteiger partial charge in [-0.05, 0) is 62.1 Å². The number of sulfonamides is 1. The first-order valence-corrected chi connectivity index (χ1v) is 13.4. The molecule has 2 saturated heterocycles. The van der Waals surface area contributed by atoms with Gasteiger partial charge in [0.25, 0.3) is 5.91 Å². The number of hydrogen-bond donors (Lipinski definition) is 0. The Balaban J connectivity index is 1.28. The number of carbonyl (C=O) groups is 1. The van der Waals surface area contributed by atoms with Crippen LogP contribution in [0.1, 0.15) is 47.8 Å². The number of benzene rings is 2. The Bertz CT molecular complexity index is 1370. The summed E-state index contributed by atoms with van der Waals surface area (Å²) in [6, 6.07) is 15.7. The smallest absolute Gasteiger partial charge is 0.339 e. The van der Waals surface area contributed by atoms with Crippen LogP contribution < -0.4 is 5.69 Å². The van der Waals surface area contributed by atoms with E-state index in [0.717, 1.165) is 18.5 Å². The van der Waals surface area contributed by atoms with Gasteiger partial charge >= 0.3 is 5.69 Å². The fraction of sp³-hybridized carbons (Fsp3) is 0.400. The molecule has 0 aliphatic carbocycles. The molecule has 0 unspecified atom stereocenters. The fourth-order valence-corrected chi connectivity index (χ4v) is 6.46. The molecule has 0 saturated carbocycles. The number of aromatic nitrogens is 3. The molecule has 3 heterocycles. The van der Waals surface area contributed by atoms with E-state index in [1.807, 2.05) is 30.3 Å². The summed E-state index contributed by atoms with van der Waals surface area (Å²) in [6.07, 6.45) is 3.14. The van der Waals surface area contributed by atoms with Gasteiger partial charge in [-0.1, -0.05) is 18.2 Å². The molecule has 184 valence electrons. The summed E-state index contributed by atoms with van der Waals surface area (Å²) in [5.74, 6) is 0.656. The average molecular weight is 496 g/mol. The molecule has 0 radical (unpaired) electrons. The summed E-state index contributed by atoms with van der Waals surface area (Å²) in [5.41, 5.74) is 1.07. The third-order valence-electron chi connectivity index (χ3n) is 6.92. The van der Waals surface area contributed by atoms with E-state index in [9.17, 15) is 18.0 Å². The van der Waals surface area contributed by atoms with Crippen LogP contribution in [0, 0.1) is 0 Å². The van der Waals surface area contributed by atoms with E-state index in [2.05, 4.69) is 5.10 Å². The number of carbonyl (C=O) groups excluding carboxylic acids is 1. The molecule has 1 aromatic heterocycles. The molecule has 0 atom stereocenters. The molecule has 2 fully saturated rings. The Morgan fingerprint density at radius 1 is 0.914 bits per heavy atom. The molecule has 9 nitrogen and oxygen atoms in total. The van der Waals surface area contributed by atoms with Crippen molar-refractivity contribution < 1.29 is 13.2 Å². The number of likely N-dealkylation sites (tertiary alicyclic amines) is 1. The van der Waals surface area contributed by atoms with Crippen LogP contribution >= 0.6 is 0 Å². The second-order valence-corrected chi connectivity index (χ2v) is 11.1. The maximum Gasteiger partial charge on any atom is 0.350 e. The van der Waals surface area contributed by atoms with Gasteiger partial charge in [-0.15, -0.1) is 0 Å². The molecule has 2 aliphatic rings. The Morgan fingerprint density at radius 3 is 2.17 bits per heavy atom. The van der Waals surface area contributed by atoms with Gasteiger partial charge in [0.1, 0.15) is 5.82 Å². The zero-order valence-corrected chi connectivity index (χ0v) is 20.5. The van der Waals surface area contributed by atoms with Crippen LogP contribution in [0.15, 0.2) is 64.3 Å². The fourth-order valence-electron chi connectivity index (χ4n) is 4.94. The predicted octanol–water partition coefficient (Wildman–Crippen LogP) is 2.38. The lowest BCUT2D eigenvalue weighted by Gasteiger charge is -2.31. The van der Waals surface area contributed by atoms with Crippen LogP contribution in [0.3, 0.4) is 0 Å². The van der Waals surface area contributed by atoms with E-state index < -0.39 is 10.0 Å². The second-order valence-electron chi connectivity index (χ2n) is 9.14. The van der Waals surface area contributed by atoms with Gasteiger partial charge in [0.05, 0.1) is 10.6 Å². The highest BCUT2D eigenvalue weighted by Crippen LogP contribution is 2.29. The molecular formula is C25H29N5O4S. The van der Waals surface area contributed by atoms with E-state index in [1.54, 1.807) is 28.6 Å². The number of para-hydroxylation sites is 1. The van der Waals surface area contributed by atoms with Crippen molar-refractivity contribution in [3.63, 3.8) is 0 Å². The van der Waals surface area contributed by atoms with Gasteiger partial charge in [-0.25, -0.2) is 22.5 Å². The summed E-state index contributed by atoms with van der Waals surface area (Å²) >= 11 is 0. The Kier molecular flexibility index (Phi) is 6.33. The van der Waals surface area contributed by atoms with Crippen LogP contribution in [0.2, 0.25) is 0 Å². The number of aryl methyl sites for hydroxylation is 1. The van der Waals surface area contributed by atoms with Gasteiger partial charge < -0.3 is 4.90 Å². The SMILES string of the molecule is Cn1nc(C2CCN(C(=O)c3ccc(S(=O)(=O)N4CCCC4)cc3)CC2)n(-c2ccccc2)c1=O. The summed E-state index contributed by atoms with van der Waals surface area (Å²) in [4.78, 5) is 27.8. The predicted molar refractivity (Wildman–Crippen MR) is 131 cm³/mol. The van der Waals surface area contributed by atoms with Crippen LogP contribution in [0.25, 0.3) is 5.69 Å². The number of amides is 1. The number of hydrogen-bond acceptors (Lipinski definition) is 5. The lowest BCUT2D eigenvalue weighted by molar-refractivity contribution is 0.0710. The second kappa shape index (κ2) is 9.43. The first-order chi connectivity index (χ1) is 16.9. The minimum absolute atomic E-state index is 0.0566. The van der Waals surface area contributed by atoms with Crippen molar-refractivity contribution in [2.75, 3.05) is 26.2 Å². The molecule has 0 N–H and O–H groups in total. The molecule has 3 aromatic rings. The van der Waals surface area contributed by atoms with E-state index in [0.29, 0.717) is 50.4 Å². The highest BCUT2D eigenvalue weighted by Gasteiger charge is 2.30. The quantitative estimate of drug-likeness (QED) is 0.541. The number of piperidine rings is 1.